The van der Waals surface area contributed by atoms with Crippen LogP contribution in [-0.2, 0) is 11.3 Å². The third-order valence-electron chi connectivity index (χ3n) is 3.53. The van der Waals surface area contributed by atoms with Crippen molar-refractivity contribution in [3.63, 3.8) is 0 Å². The summed E-state index contributed by atoms with van der Waals surface area (Å²) in [4.78, 5) is 28.8. The number of aromatic nitrogens is 2. The van der Waals surface area contributed by atoms with Crippen molar-refractivity contribution in [2.45, 2.75) is 13.5 Å². The van der Waals surface area contributed by atoms with Crippen LogP contribution in [0.5, 0.6) is 0 Å². The van der Waals surface area contributed by atoms with Crippen LogP contribution in [-0.4, -0.2) is 15.4 Å². The Balaban J connectivity index is 1.87. The van der Waals surface area contributed by atoms with Crippen molar-refractivity contribution in [1.29, 1.82) is 0 Å². The molecule has 0 amide bonds. The molecular formula is C17H11Cl3N2O3. The van der Waals surface area contributed by atoms with Gasteiger partial charge in [0.2, 0.25) is 0 Å². The van der Waals surface area contributed by atoms with Crippen molar-refractivity contribution in [2.75, 3.05) is 0 Å². The minimum atomic E-state index is -0.747. The normalized spacial score (nSPS) is 10.9. The smallest absolute Gasteiger partial charge is 0.341 e. The summed E-state index contributed by atoms with van der Waals surface area (Å²) in [6.45, 7) is 1.61. The average molecular weight is 398 g/mol. The first-order valence-corrected chi connectivity index (χ1v) is 8.31. The average Bonchev–Trinajstić information content (AvgIpc) is 2.56. The van der Waals surface area contributed by atoms with E-state index in [1.165, 1.54) is 22.6 Å². The number of benzene rings is 1. The highest BCUT2D eigenvalue weighted by Gasteiger charge is 2.19. The van der Waals surface area contributed by atoms with E-state index in [0.29, 0.717) is 11.3 Å². The van der Waals surface area contributed by atoms with Crippen LogP contribution in [0.2, 0.25) is 15.1 Å². The van der Waals surface area contributed by atoms with E-state index in [4.69, 9.17) is 39.5 Å². The fraction of sp³-hybridized carbons (Fsp3) is 0.118. The molecule has 0 atom stereocenters. The molecule has 0 bridgehead atoms. The number of fused-ring (bicyclic) bond motifs is 1. The number of esters is 1. The molecule has 8 heteroatoms. The lowest BCUT2D eigenvalue weighted by Crippen LogP contribution is -2.18. The molecule has 0 spiro atoms. The zero-order chi connectivity index (χ0) is 18.1. The van der Waals surface area contributed by atoms with Gasteiger partial charge in [0.05, 0.1) is 26.3 Å². The molecule has 2 heterocycles. The molecule has 3 rings (SSSR count). The van der Waals surface area contributed by atoms with E-state index >= 15 is 0 Å². The van der Waals surface area contributed by atoms with Gasteiger partial charge in [0.25, 0.3) is 5.56 Å². The van der Waals surface area contributed by atoms with Gasteiger partial charge in [-0.2, -0.15) is 0 Å². The Kier molecular flexibility index (Phi) is 4.99. The van der Waals surface area contributed by atoms with Gasteiger partial charge in [-0.25, -0.2) is 9.78 Å². The van der Waals surface area contributed by atoms with Crippen LogP contribution in [0.3, 0.4) is 0 Å². The first kappa shape index (κ1) is 17.7. The Morgan fingerprint density at radius 1 is 1.16 bits per heavy atom. The quantitative estimate of drug-likeness (QED) is 0.488. The van der Waals surface area contributed by atoms with Gasteiger partial charge in [0, 0.05) is 11.8 Å². The fourth-order valence-electron chi connectivity index (χ4n) is 2.36. The van der Waals surface area contributed by atoms with E-state index in [1.54, 1.807) is 25.1 Å². The topological polar surface area (TPSA) is 60.7 Å². The zero-order valence-corrected chi connectivity index (χ0v) is 15.2. The lowest BCUT2D eigenvalue weighted by atomic mass is 10.2. The largest absolute Gasteiger partial charge is 0.455 e. The van der Waals surface area contributed by atoms with Crippen LogP contribution < -0.4 is 5.56 Å². The maximum atomic E-state index is 12.3. The van der Waals surface area contributed by atoms with Crippen LogP contribution in [0.1, 0.15) is 21.7 Å². The minimum absolute atomic E-state index is 0.0151. The number of carbonyl (C=O) groups is 1. The monoisotopic (exact) mass is 396 g/mol. The van der Waals surface area contributed by atoms with Gasteiger partial charge in [-0.15, -0.1) is 0 Å². The second-order valence-electron chi connectivity index (χ2n) is 5.24. The highest BCUT2D eigenvalue weighted by Crippen LogP contribution is 2.32. The highest BCUT2D eigenvalue weighted by molar-refractivity contribution is 6.46. The summed E-state index contributed by atoms with van der Waals surface area (Å²) in [7, 11) is 0. The van der Waals surface area contributed by atoms with Crippen LogP contribution in [0.4, 0.5) is 0 Å². The predicted molar refractivity (Wildman–Crippen MR) is 96.8 cm³/mol. The maximum absolute atomic E-state index is 12.3. The van der Waals surface area contributed by atoms with E-state index in [2.05, 4.69) is 4.98 Å². The molecule has 0 radical (unpaired) electrons. The highest BCUT2D eigenvalue weighted by atomic mass is 35.5. The van der Waals surface area contributed by atoms with Crippen molar-refractivity contribution in [3.8, 4) is 0 Å². The van der Waals surface area contributed by atoms with Crippen molar-refractivity contribution >= 4 is 46.4 Å². The Labute approximate surface area is 157 Å². The van der Waals surface area contributed by atoms with Gasteiger partial charge in [-0.1, -0.05) is 40.9 Å². The summed E-state index contributed by atoms with van der Waals surface area (Å²) in [6.07, 6.45) is 0. The summed E-state index contributed by atoms with van der Waals surface area (Å²) in [6, 6.07) is 9.54. The molecule has 0 saturated carbocycles. The molecule has 0 fully saturated rings. The van der Waals surface area contributed by atoms with E-state index < -0.39 is 5.97 Å². The van der Waals surface area contributed by atoms with Crippen molar-refractivity contribution in [1.82, 2.24) is 9.38 Å². The molecule has 0 aliphatic heterocycles. The molecule has 1 aromatic carbocycles. The zero-order valence-electron chi connectivity index (χ0n) is 12.9. The molecule has 0 N–H and O–H groups in total. The van der Waals surface area contributed by atoms with Crippen LogP contribution in [0.25, 0.3) is 5.65 Å². The summed E-state index contributed by atoms with van der Waals surface area (Å²) >= 11 is 17.9. The molecule has 0 saturated heterocycles. The number of aryl methyl sites for hydroxylation is 1. The molecule has 2 aromatic heterocycles. The maximum Gasteiger partial charge on any atom is 0.341 e. The van der Waals surface area contributed by atoms with Gasteiger partial charge in [-0.3, -0.25) is 9.20 Å². The lowest BCUT2D eigenvalue weighted by molar-refractivity contribution is 0.0468. The van der Waals surface area contributed by atoms with Crippen LogP contribution in [0.15, 0.2) is 41.2 Å². The SMILES string of the molecule is Cc1cccc2nc(COC(=O)c3c(Cl)ccc(Cl)c3Cl)cc(=O)n12. The third kappa shape index (κ3) is 3.49. The predicted octanol–water partition coefficient (Wildman–Crippen LogP) is 4.32. The standard InChI is InChI=1S/C17H11Cl3N2O3/c1-9-3-2-4-13-21-10(7-14(23)22(9)13)8-25-17(24)15-11(18)5-6-12(19)16(15)20/h2-7H,8H2,1H3. The number of rotatable bonds is 3. The number of nitrogens with zero attached hydrogens (tertiary/aromatic N) is 2. The van der Waals surface area contributed by atoms with Gasteiger partial charge >= 0.3 is 5.97 Å². The molecule has 3 aromatic rings. The Morgan fingerprint density at radius 3 is 2.64 bits per heavy atom. The Hall–Kier alpha value is -2.08. The fourth-order valence-corrected chi connectivity index (χ4v) is 3.05. The van der Waals surface area contributed by atoms with E-state index in [9.17, 15) is 9.59 Å². The third-order valence-corrected chi connectivity index (χ3v) is 4.65. The minimum Gasteiger partial charge on any atom is -0.455 e. The van der Waals surface area contributed by atoms with Gasteiger partial charge < -0.3 is 4.74 Å². The van der Waals surface area contributed by atoms with Crippen molar-refractivity contribution in [2.24, 2.45) is 0 Å². The second-order valence-corrected chi connectivity index (χ2v) is 6.43. The molecule has 128 valence electrons. The van der Waals surface area contributed by atoms with E-state index in [1.807, 2.05) is 0 Å². The summed E-state index contributed by atoms with van der Waals surface area (Å²) in [5.41, 5.74) is 1.27. The molecule has 5 nitrogen and oxygen atoms in total. The summed E-state index contributed by atoms with van der Waals surface area (Å²) < 4.78 is 6.66. The summed E-state index contributed by atoms with van der Waals surface area (Å²) in [5.74, 6) is -0.747. The lowest BCUT2D eigenvalue weighted by Gasteiger charge is -2.10. The number of hydrogen-bond acceptors (Lipinski definition) is 4. The number of carbonyl (C=O) groups excluding carboxylic acids is 1. The molecule has 0 aliphatic rings. The molecule has 0 unspecified atom stereocenters. The van der Waals surface area contributed by atoms with Gasteiger partial charge in [0.1, 0.15) is 12.3 Å². The molecular weight excluding hydrogens is 387 g/mol. The number of pyridine rings is 1. The number of hydrogen-bond donors (Lipinski definition) is 0. The first-order chi connectivity index (χ1) is 11.9. The van der Waals surface area contributed by atoms with Crippen molar-refractivity contribution in [3.05, 3.63) is 78.8 Å². The Bertz CT molecular complexity index is 1050. The first-order valence-electron chi connectivity index (χ1n) is 7.17. The van der Waals surface area contributed by atoms with E-state index in [0.717, 1.165) is 5.69 Å². The molecule has 25 heavy (non-hydrogen) atoms. The summed E-state index contributed by atoms with van der Waals surface area (Å²) in [5, 5.41) is 0.332. The van der Waals surface area contributed by atoms with Crippen LogP contribution >= 0.6 is 34.8 Å². The number of ether oxygens (including phenoxy) is 1. The number of halogens is 3. The van der Waals surface area contributed by atoms with Gasteiger partial charge in [-0.05, 0) is 31.2 Å². The van der Waals surface area contributed by atoms with Gasteiger partial charge in [0.15, 0.2) is 0 Å². The van der Waals surface area contributed by atoms with Crippen LogP contribution in [0, 0.1) is 6.92 Å². The van der Waals surface area contributed by atoms with E-state index in [-0.39, 0.29) is 32.8 Å². The molecule has 0 aliphatic carbocycles. The van der Waals surface area contributed by atoms with Crippen molar-refractivity contribution < 1.29 is 9.53 Å². The second kappa shape index (κ2) is 7.04. The Morgan fingerprint density at radius 2 is 1.88 bits per heavy atom.